The van der Waals surface area contributed by atoms with Crippen LogP contribution in [-0.4, -0.2) is 88.2 Å². The minimum atomic E-state index is -0.774. The second kappa shape index (κ2) is 6.29. The maximum atomic E-state index is 10.6. The summed E-state index contributed by atoms with van der Waals surface area (Å²) in [5.41, 5.74) is 0. The molecule has 2 aliphatic rings. The molecule has 0 aromatic carbocycles. The molecule has 8 nitrogen and oxygen atoms in total. The van der Waals surface area contributed by atoms with Crippen LogP contribution in [0.2, 0.25) is 0 Å². The van der Waals surface area contributed by atoms with Gasteiger partial charge in [-0.2, -0.15) is 0 Å². The van der Waals surface area contributed by atoms with Gasteiger partial charge in [0, 0.05) is 13.1 Å². The van der Waals surface area contributed by atoms with E-state index in [0.717, 1.165) is 33.3 Å². The van der Waals surface area contributed by atoms with Crippen molar-refractivity contribution in [3.63, 3.8) is 0 Å². The first kappa shape index (κ1) is 14.2. The van der Waals surface area contributed by atoms with Gasteiger partial charge in [-0.15, -0.1) is 0 Å². The zero-order chi connectivity index (χ0) is 13.8. The summed E-state index contributed by atoms with van der Waals surface area (Å²) in [5.74, 6) is -1.55. The minimum absolute atomic E-state index is 0.157. The van der Waals surface area contributed by atoms with Crippen LogP contribution in [-0.2, 0) is 9.59 Å². The second-order valence-electron chi connectivity index (χ2n) is 5.13. The van der Waals surface area contributed by atoms with Crippen molar-refractivity contribution < 1.29 is 19.8 Å². The number of carboxylic acids is 2. The molecule has 0 unspecified atom stereocenters. The Labute approximate surface area is 111 Å². The quantitative estimate of drug-likeness (QED) is 0.634. The van der Waals surface area contributed by atoms with Gasteiger partial charge in [-0.3, -0.25) is 29.2 Å². The van der Waals surface area contributed by atoms with Crippen molar-refractivity contribution in [1.82, 2.24) is 19.6 Å². The third-order valence-electron chi connectivity index (χ3n) is 3.28. The molecule has 0 aromatic heterocycles. The average molecular weight is 272 g/mol. The van der Waals surface area contributed by atoms with Crippen molar-refractivity contribution in [3.05, 3.63) is 0 Å². The van der Waals surface area contributed by atoms with Gasteiger partial charge in [0.15, 0.2) is 0 Å². The monoisotopic (exact) mass is 272 g/mol. The summed E-state index contributed by atoms with van der Waals surface area (Å²) in [7, 11) is 0. The molecule has 0 saturated carbocycles. The molecule has 2 N–H and O–H groups in total. The Hall–Kier alpha value is -1.22. The molecule has 19 heavy (non-hydrogen) atoms. The molecule has 2 heterocycles. The number of rotatable bonds is 6. The molecule has 8 heteroatoms. The van der Waals surface area contributed by atoms with E-state index >= 15 is 0 Å². The number of hydrogen-bond acceptors (Lipinski definition) is 6. The molecule has 0 spiro atoms. The molecule has 2 aliphatic heterocycles. The summed E-state index contributed by atoms with van der Waals surface area (Å²) in [5, 5.41) is 17.4. The van der Waals surface area contributed by atoms with Crippen LogP contribution in [0.5, 0.6) is 0 Å². The van der Waals surface area contributed by atoms with E-state index < -0.39 is 11.9 Å². The van der Waals surface area contributed by atoms with Gasteiger partial charge >= 0.3 is 11.9 Å². The number of aliphatic carboxylic acids is 2. The highest BCUT2D eigenvalue weighted by atomic mass is 16.4. The molecule has 0 aromatic rings. The van der Waals surface area contributed by atoms with Gasteiger partial charge in [-0.05, 0) is 0 Å². The van der Waals surface area contributed by atoms with E-state index in [-0.39, 0.29) is 12.8 Å². The highest BCUT2D eigenvalue weighted by Crippen LogP contribution is 2.14. The summed E-state index contributed by atoms with van der Waals surface area (Å²) in [6.45, 7) is 4.95. The largest absolute Gasteiger partial charge is 0.481 e. The van der Waals surface area contributed by atoms with Gasteiger partial charge in [0.25, 0.3) is 0 Å². The van der Waals surface area contributed by atoms with Crippen LogP contribution >= 0.6 is 0 Å². The molecule has 0 amide bonds. The van der Waals surface area contributed by atoms with Crippen LogP contribution in [0.1, 0.15) is 12.8 Å². The SMILES string of the molecule is O=C(O)CCN1CN2CN(CCC(=O)O)CN(C1)C2. The first-order valence-corrected chi connectivity index (χ1v) is 6.36. The van der Waals surface area contributed by atoms with Gasteiger partial charge in [0.1, 0.15) is 0 Å². The maximum absolute atomic E-state index is 10.6. The van der Waals surface area contributed by atoms with Crippen molar-refractivity contribution in [2.24, 2.45) is 0 Å². The lowest BCUT2D eigenvalue weighted by atomic mass is 10.3. The van der Waals surface area contributed by atoms with Crippen molar-refractivity contribution >= 4 is 11.9 Å². The summed E-state index contributed by atoms with van der Waals surface area (Å²) < 4.78 is 0. The van der Waals surface area contributed by atoms with Crippen LogP contribution in [0, 0.1) is 0 Å². The third kappa shape index (κ3) is 4.43. The predicted octanol–water partition coefficient (Wildman–Crippen LogP) is -1.04. The summed E-state index contributed by atoms with van der Waals surface area (Å²) >= 11 is 0. The average Bonchev–Trinajstić information content (AvgIpc) is 2.33. The standard InChI is InChI=1S/C11H20N4O4/c16-10(17)1-3-12-5-14-7-13(4-2-11(18)19)8-15(6-12)9-14/h1-9H2,(H,16,17)(H,18,19). The molecule has 108 valence electrons. The lowest BCUT2D eigenvalue weighted by molar-refractivity contribution is -0.143. The number of nitrogens with zero attached hydrogens (tertiary/aromatic N) is 4. The Kier molecular flexibility index (Phi) is 4.70. The van der Waals surface area contributed by atoms with Crippen molar-refractivity contribution in [2.75, 3.05) is 46.4 Å². The lowest BCUT2D eigenvalue weighted by Crippen LogP contribution is -2.64. The van der Waals surface area contributed by atoms with Gasteiger partial charge in [0.2, 0.25) is 0 Å². The predicted molar refractivity (Wildman–Crippen MR) is 65.9 cm³/mol. The van der Waals surface area contributed by atoms with Crippen LogP contribution in [0.3, 0.4) is 0 Å². The molecule has 2 saturated heterocycles. The Morgan fingerprint density at radius 3 is 1.42 bits per heavy atom. The Morgan fingerprint density at radius 1 is 0.737 bits per heavy atom. The number of carboxylic acid groups (broad SMARTS) is 2. The van der Waals surface area contributed by atoms with Crippen LogP contribution in [0.25, 0.3) is 0 Å². The first-order chi connectivity index (χ1) is 9.02. The van der Waals surface area contributed by atoms with E-state index in [1.165, 1.54) is 0 Å². The Balaban J connectivity index is 1.78. The van der Waals surface area contributed by atoms with Gasteiger partial charge in [0.05, 0.1) is 46.2 Å². The minimum Gasteiger partial charge on any atom is -0.481 e. The topological polar surface area (TPSA) is 87.6 Å². The van der Waals surface area contributed by atoms with Crippen molar-refractivity contribution in [3.8, 4) is 0 Å². The van der Waals surface area contributed by atoms with Crippen LogP contribution in [0.15, 0.2) is 0 Å². The smallest absolute Gasteiger partial charge is 0.304 e. The second-order valence-corrected chi connectivity index (χ2v) is 5.13. The number of hydrogen-bond donors (Lipinski definition) is 2. The highest BCUT2D eigenvalue weighted by Gasteiger charge is 2.30. The number of carbonyl (C=O) groups is 2. The van der Waals surface area contributed by atoms with Gasteiger partial charge in [-0.1, -0.05) is 0 Å². The molecule has 2 fully saturated rings. The molecule has 2 rings (SSSR count). The van der Waals surface area contributed by atoms with E-state index in [9.17, 15) is 9.59 Å². The Bertz CT molecular complexity index is 308. The van der Waals surface area contributed by atoms with E-state index in [2.05, 4.69) is 19.6 Å². The van der Waals surface area contributed by atoms with Crippen molar-refractivity contribution in [2.45, 2.75) is 12.8 Å². The maximum Gasteiger partial charge on any atom is 0.304 e. The van der Waals surface area contributed by atoms with Crippen LogP contribution < -0.4 is 0 Å². The molecule has 0 aliphatic carbocycles. The van der Waals surface area contributed by atoms with Crippen LogP contribution in [0.4, 0.5) is 0 Å². The fourth-order valence-corrected chi connectivity index (χ4v) is 2.56. The summed E-state index contributed by atoms with van der Waals surface area (Å²) in [6.07, 6.45) is 0.314. The first-order valence-electron chi connectivity index (χ1n) is 6.36. The van der Waals surface area contributed by atoms with E-state index in [1.54, 1.807) is 0 Å². The van der Waals surface area contributed by atoms with E-state index in [0.29, 0.717) is 13.1 Å². The third-order valence-corrected chi connectivity index (χ3v) is 3.28. The molecule has 2 bridgehead atoms. The molecule has 0 atom stereocenters. The van der Waals surface area contributed by atoms with E-state index in [4.69, 9.17) is 10.2 Å². The fraction of sp³-hybridized carbons (Fsp3) is 0.818. The van der Waals surface area contributed by atoms with Gasteiger partial charge < -0.3 is 10.2 Å². The fourth-order valence-electron chi connectivity index (χ4n) is 2.56. The van der Waals surface area contributed by atoms with Crippen molar-refractivity contribution in [1.29, 1.82) is 0 Å². The highest BCUT2D eigenvalue weighted by molar-refractivity contribution is 5.67. The van der Waals surface area contributed by atoms with E-state index in [1.807, 2.05) is 0 Å². The zero-order valence-corrected chi connectivity index (χ0v) is 10.9. The molecular formula is C11H20N4O4. The number of fused-ring (bicyclic) bond motifs is 2. The molecular weight excluding hydrogens is 252 g/mol. The lowest BCUT2D eigenvalue weighted by Gasteiger charge is -2.49. The normalized spacial score (nSPS) is 28.2. The zero-order valence-electron chi connectivity index (χ0n) is 10.9. The summed E-state index contributed by atoms with van der Waals surface area (Å²) in [4.78, 5) is 29.7. The Morgan fingerprint density at radius 2 is 1.11 bits per heavy atom. The van der Waals surface area contributed by atoms with Gasteiger partial charge in [-0.25, -0.2) is 0 Å². The summed E-state index contributed by atoms with van der Waals surface area (Å²) in [6, 6.07) is 0. The molecule has 0 radical (unpaired) electrons.